The van der Waals surface area contributed by atoms with Gasteiger partial charge >= 0.3 is 6.01 Å². The Morgan fingerprint density at radius 2 is 1.03 bits per heavy atom. The molecule has 0 unspecified atom stereocenters. The zero-order valence-corrected chi connectivity index (χ0v) is 19.1. The van der Waals surface area contributed by atoms with Gasteiger partial charge in [-0.1, -0.05) is 18.2 Å². The molecule has 33 heavy (non-hydrogen) atoms. The van der Waals surface area contributed by atoms with Crippen molar-refractivity contribution < 1.29 is 4.74 Å². The molecule has 4 aromatic rings. The smallest absolute Gasteiger partial charge is 0.328 e. The number of nitrogens with one attached hydrogen (secondary N) is 2. The number of aromatic nitrogens is 3. The Morgan fingerprint density at radius 3 is 1.45 bits per heavy atom. The first kappa shape index (κ1) is 21.9. The lowest BCUT2D eigenvalue weighted by atomic mass is 10.2. The Hall–Kier alpha value is -4.33. The number of para-hydroxylation sites is 1. The zero-order valence-electron chi connectivity index (χ0n) is 19.1. The molecule has 0 aliphatic rings. The van der Waals surface area contributed by atoms with Gasteiger partial charge in [0.25, 0.3) is 0 Å². The summed E-state index contributed by atoms with van der Waals surface area (Å²) in [5, 5.41) is 6.48. The van der Waals surface area contributed by atoms with Gasteiger partial charge in [0.2, 0.25) is 11.9 Å². The maximum absolute atomic E-state index is 5.88. The van der Waals surface area contributed by atoms with E-state index in [9.17, 15) is 0 Å². The van der Waals surface area contributed by atoms with Crippen LogP contribution >= 0.6 is 0 Å². The van der Waals surface area contributed by atoms with Gasteiger partial charge in [-0.05, 0) is 60.7 Å². The molecule has 0 fully saturated rings. The number of rotatable bonds is 8. The summed E-state index contributed by atoms with van der Waals surface area (Å²) in [4.78, 5) is 17.5. The van der Waals surface area contributed by atoms with E-state index in [4.69, 9.17) is 4.74 Å². The molecule has 8 nitrogen and oxygen atoms in total. The fourth-order valence-electron chi connectivity index (χ4n) is 3.05. The van der Waals surface area contributed by atoms with Crippen molar-refractivity contribution in [1.82, 2.24) is 15.0 Å². The molecule has 0 atom stereocenters. The van der Waals surface area contributed by atoms with Gasteiger partial charge < -0.3 is 25.2 Å². The van der Waals surface area contributed by atoms with Gasteiger partial charge in [0.05, 0.1) is 0 Å². The Balaban J connectivity index is 1.61. The number of anilines is 6. The van der Waals surface area contributed by atoms with Crippen molar-refractivity contribution in [3.8, 4) is 11.8 Å². The highest BCUT2D eigenvalue weighted by molar-refractivity contribution is 5.62. The molecule has 4 rings (SSSR count). The molecule has 0 saturated heterocycles. The van der Waals surface area contributed by atoms with Crippen LogP contribution in [0.4, 0.5) is 34.6 Å². The minimum atomic E-state index is 0.191. The topological polar surface area (TPSA) is 78.4 Å². The molecule has 0 aliphatic heterocycles. The highest BCUT2D eigenvalue weighted by Crippen LogP contribution is 2.24. The van der Waals surface area contributed by atoms with E-state index in [1.54, 1.807) is 0 Å². The molecular formula is C25H27N7O. The van der Waals surface area contributed by atoms with Crippen LogP contribution in [-0.2, 0) is 0 Å². The summed E-state index contributed by atoms with van der Waals surface area (Å²) in [6.45, 7) is 0. The summed E-state index contributed by atoms with van der Waals surface area (Å²) in [7, 11) is 8.02. The molecule has 0 spiro atoms. The molecule has 2 N–H and O–H groups in total. The first-order chi connectivity index (χ1) is 16.0. The lowest BCUT2D eigenvalue weighted by Crippen LogP contribution is -2.09. The van der Waals surface area contributed by atoms with E-state index in [2.05, 4.69) is 25.6 Å². The van der Waals surface area contributed by atoms with E-state index < -0.39 is 0 Å². The van der Waals surface area contributed by atoms with Crippen molar-refractivity contribution in [1.29, 1.82) is 0 Å². The average Bonchev–Trinajstić information content (AvgIpc) is 2.80. The van der Waals surface area contributed by atoms with Gasteiger partial charge in [-0.15, -0.1) is 0 Å². The predicted octanol–water partition coefficient (Wildman–Crippen LogP) is 5.28. The van der Waals surface area contributed by atoms with E-state index >= 15 is 0 Å². The van der Waals surface area contributed by atoms with Gasteiger partial charge in [-0.2, -0.15) is 15.0 Å². The minimum Gasteiger partial charge on any atom is -0.424 e. The number of hydrogen-bond donors (Lipinski definition) is 2. The van der Waals surface area contributed by atoms with Crippen LogP contribution in [0.5, 0.6) is 11.8 Å². The fourth-order valence-corrected chi connectivity index (χ4v) is 3.05. The number of nitrogens with zero attached hydrogens (tertiary/aromatic N) is 5. The average molecular weight is 442 g/mol. The maximum Gasteiger partial charge on any atom is 0.328 e. The second-order valence-corrected chi connectivity index (χ2v) is 7.81. The summed E-state index contributed by atoms with van der Waals surface area (Å²) in [5.74, 6) is 1.40. The Bertz CT molecular complexity index is 1110. The molecule has 168 valence electrons. The lowest BCUT2D eigenvalue weighted by Gasteiger charge is -2.14. The molecule has 0 saturated carbocycles. The van der Waals surface area contributed by atoms with E-state index in [1.807, 2.05) is 117 Å². The molecular weight excluding hydrogens is 414 g/mol. The highest BCUT2D eigenvalue weighted by atomic mass is 16.5. The maximum atomic E-state index is 5.88. The van der Waals surface area contributed by atoms with Crippen molar-refractivity contribution in [2.24, 2.45) is 0 Å². The second kappa shape index (κ2) is 9.86. The first-order valence-corrected chi connectivity index (χ1v) is 10.5. The van der Waals surface area contributed by atoms with Crippen LogP contribution in [0.3, 0.4) is 0 Å². The molecule has 0 radical (unpaired) electrons. The molecule has 1 aromatic heterocycles. The van der Waals surface area contributed by atoms with Crippen LogP contribution in [-0.4, -0.2) is 43.1 Å². The SMILES string of the molecule is CN(C)c1ccc(Nc2nc(Nc3ccc(N(C)C)cc3)nc(Oc3ccccc3)n2)cc1. The molecule has 8 heteroatoms. The Morgan fingerprint density at radius 1 is 0.576 bits per heavy atom. The quantitative estimate of drug-likeness (QED) is 0.382. The van der Waals surface area contributed by atoms with Crippen molar-refractivity contribution in [2.75, 3.05) is 48.6 Å². The van der Waals surface area contributed by atoms with Crippen molar-refractivity contribution in [3.63, 3.8) is 0 Å². The second-order valence-electron chi connectivity index (χ2n) is 7.81. The zero-order chi connectivity index (χ0) is 23.2. The van der Waals surface area contributed by atoms with Gasteiger partial charge in [0.15, 0.2) is 0 Å². The van der Waals surface area contributed by atoms with E-state index in [1.165, 1.54) is 0 Å². The normalized spacial score (nSPS) is 10.4. The summed E-state index contributed by atoms with van der Waals surface area (Å²) in [5.41, 5.74) is 3.93. The number of hydrogen-bond acceptors (Lipinski definition) is 8. The van der Waals surface area contributed by atoms with Gasteiger partial charge in [-0.3, -0.25) is 0 Å². The number of ether oxygens (including phenoxy) is 1. The highest BCUT2D eigenvalue weighted by Gasteiger charge is 2.10. The molecule has 3 aromatic carbocycles. The summed E-state index contributed by atoms with van der Waals surface area (Å²) in [6.07, 6.45) is 0. The van der Waals surface area contributed by atoms with Gasteiger partial charge in [0.1, 0.15) is 5.75 Å². The minimum absolute atomic E-state index is 0.191. The Kier molecular flexibility index (Phi) is 6.54. The third-order valence-corrected chi connectivity index (χ3v) is 4.85. The monoisotopic (exact) mass is 441 g/mol. The summed E-state index contributed by atoms with van der Waals surface area (Å²) in [6, 6.07) is 25.6. The van der Waals surface area contributed by atoms with E-state index in [-0.39, 0.29) is 6.01 Å². The van der Waals surface area contributed by atoms with Crippen molar-refractivity contribution >= 4 is 34.6 Å². The third kappa shape index (κ3) is 5.88. The largest absolute Gasteiger partial charge is 0.424 e. The van der Waals surface area contributed by atoms with E-state index in [0.717, 1.165) is 22.7 Å². The third-order valence-electron chi connectivity index (χ3n) is 4.85. The molecule has 0 bridgehead atoms. The van der Waals surface area contributed by atoms with Crippen molar-refractivity contribution in [3.05, 3.63) is 78.9 Å². The molecule has 0 amide bonds. The first-order valence-electron chi connectivity index (χ1n) is 10.5. The summed E-state index contributed by atoms with van der Waals surface area (Å²) < 4.78 is 5.88. The standard InChI is InChI=1S/C25H27N7O/c1-31(2)20-14-10-18(11-15-20)26-23-28-24(27-19-12-16-21(17-13-19)32(3)4)30-25(29-23)33-22-8-6-5-7-9-22/h5-17H,1-4H3,(H2,26,27,28,29,30). The van der Waals surface area contributed by atoms with Crippen LogP contribution in [0.25, 0.3) is 0 Å². The predicted molar refractivity (Wildman–Crippen MR) is 134 cm³/mol. The van der Waals surface area contributed by atoms with Crippen LogP contribution < -0.4 is 25.2 Å². The van der Waals surface area contributed by atoms with Gasteiger partial charge in [0, 0.05) is 50.9 Å². The van der Waals surface area contributed by atoms with E-state index in [0.29, 0.717) is 17.6 Å². The Labute approximate surface area is 193 Å². The van der Waals surface area contributed by atoms with Crippen LogP contribution in [0.1, 0.15) is 0 Å². The lowest BCUT2D eigenvalue weighted by molar-refractivity contribution is 0.441. The van der Waals surface area contributed by atoms with Crippen LogP contribution in [0, 0.1) is 0 Å². The summed E-state index contributed by atoms with van der Waals surface area (Å²) >= 11 is 0. The van der Waals surface area contributed by atoms with Gasteiger partial charge in [-0.25, -0.2) is 0 Å². The van der Waals surface area contributed by atoms with Crippen LogP contribution in [0.2, 0.25) is 0 Å². The molecule has 0 aliphatic carbocycles. The van der Waals surface area contributed by atoms with Crippen molar-refractivity contribution in [2.45, 2.75) is 0 Å². The molecule has 1 heterocycles. The number of benzene rings is 3. The fraction of sp³-hybridized carbons (Fsp3) is 0.160. The van der Waals surface area contributed by atoms with Crippen LogP contribution in [0.15, 0.2) is 78.9 Å².